The molecule has 0 spiro atoms. The standard InChI is InChI=1S/C17H21NO2/c1-13-4-6-15(7-5-13)17(19)8-10-18(3)12-16-9-11-20-14(16)2/h4-7,9,11H,8,10,12H2,1-3H3. The SMILES string of the molecule is Cc1ccc(C(=O)CCN(C)Cc2ccoc2C)cc1. The van der Waals surface area contributed by atoms with Gasteiger partial charge in [-0.15, -0.1) is 0 Å². The Kier molecular flexibility index (Phi) is 4.74. The average Bonchev–Trinajstić information content (AvgIpc) is 2.82. The zero-order valence-electron chi connectivity index (χ0n) is 12.3. The highest BCUT2D eigenvalue weighted by Gasteiger charge is 2.09. The summed E-state index contributed by atoms with van der Waals surface area (Å²) >= 11 is 0. The zero-order valence-corrected chi connectivity index (χ0v) is 12.3. The summed E-state index contributed by atoms with van der Waals surface area (Å²) in [5.41, 5.74) is 3.15. The van der Waals surface area contributed by atoms with Gasteiger partial charge in [0, 0.05) is 30.6 Å². The second kappa shape index (κ2) is 6.53. The largest absolute Gasteiger partial charge is 0.469 e. The lowest BCUT2D eigenvalue weighted by Gasteiger charge is -2.15. The van der Waals surface area contributed by atoms with Gasteiger partial charge in [-0.3, -0.25) is 4.79 Å². The maximum Gasteiger partial charge on any atom is 0.164 e. The zero-order chi connectivity index (χ0) is 14.5. The van der Waals surface area contributed by atoms with Crippen LogP contribution in [-0.4, -0.2) is 24.3 Å². The molecule has 0 amide bonds. The second-order valence-corrected chi connectivity index (χ2v) is 5.28. The molecule has 3 heteroatoms. The second-order valence-electron chi connectivity index (χ2n) is 5.28. The summed E-state index contributed by atoms with van der Waals surface area (Å²) in [6.45, 7) is 5.54. The summed E-state index contributed by atoms with van der Waals surface area (Å²) in [4.78, 5) is 14.2. The summed E-state index contributed by atoms with van der Waals surface area (Å²) < 4.78 is 5.28. The number of rotatable bonds is 6. The predicted octanol–water partition coefficient (Wildman–Crippen LogP) is 3.60. The highest BCUT2D eigenvalue weighted by atomic mass is 16.3. The molecule has 0 radical (unpaired) electrons. The van der Waals surface area contributed by atoms with Crippen molar-refractivity contribution in [2.75, 3.05) is 13.6 Å². The van der Waals surface area contributed by atoms with Crippen LogP contribution >= 0.6 is 0 Å². The van der Waals surface area contributed by atoms with Crippen molar-refractivity contribution in [1.82, 2.24) is 4.90 Å². The van der Waals surface area contributed by atoms with Gasteiger partial charge in [0.15, 0.2) is 5.78 Å². The summed E-state index contributed by atoms with van der Waals surface area (Å²) in [5.74, 6) is 1.14. The molecule has 106 valence electrons. The number of carbonyl (C=O) groups is 1. The number of ketones is 1. The van der Waals surface area contributed by atoms with E-state index < -0.39 is 0 Å². The maximum atomic E-state index is 12.1. The molecule has 2 aromatic rings. The molecule has 0 aliphatic carbocycles. The van der Waals surface area contributed by atoms with E-state index in [9.17, 15) is 4.79 Å². The molecule has 2 rings (SSSR count). The van der Waals surface area contributed by atoms with Crippen LogP contribution in [-0.2, 0) is 6.54 Å². The molecule has 3 nitrogen and oxygen atoms in total. The van der Waals surface area contributed by atoms with E-state index in [4.69, 9.17) is 4.42 Å². The van der Waals surface area contributed by atoms with Crippen molar-refractivity contribution >= 4 is 5.78 Å². The third-order valence-corrected chi connectivity index (χ3v) is 3.50. The van der Waals surface area contributed by atoms with Gasteiger partial charge in [0.2, 0.25) is 0 Å². The Morgan fingerprint density at radius 3 is 2.45 bits per heavy atom. The molecule has 1 aromatic heterocycles. The van der Waals surface area contributed by atoms with Gasteiger partial charge in [-0.2, -0.15) is 0 Å². The maximum absolute atomic E-state index is 12.1. The van der Waals surface area contributed by atoms with Crippen LogP contribution in [0, 0.1) is 13.8 Å². The van der Waals surface area contributed by atoms with E-state index in [0.29, 0.717) is 6.42 Å². The summed E-state index contributed by atoms with van der Waals surface area (Å²) in [7, 11) is 2.02. The first-order chi connectivity index (χ1) is 9.56. The van der Waals surface area contributed by atoms with Gasteiger partial charge in [0.25, 0.3) is 0 Å². The van der Waals surface area contributed by atoms with Crippen LogP contribution < -0.4 is 0 Å². The minimum absolute atomic E-state index is 0.195. The fraction of sp³-hybridized carbons (Fsp3) is 0.353. The lowest BCUT2D eigenvalue weighted by Crippen LogP contribution is -2.21. The number of hydrogen-bond donors (Lipinski definition) is 0. The van der Waals surface area contributed by atoms with E-state index in [1.54, 1.807) is 6.26 Å². The van der Waals surface area contributed by atoms with Crippen LogP contribution in [0.25, 0.3) is 0 Å². The smallest absolute Gasteiger partial charge is 0.164 e. The number of furan rings is 1. The van der Waals surface area contributed by atoms with Gasteiger partial charge in [-0.1, -0.05) is 29.8 Å². The third kappa shape index (κ3) is 3.81. The fourth-order valence-electron chi connectivity index (χ4n) is 2.12. The lowest BCUT2D eigenvalue weighted by molar-refractivity contribution is 0.0968. The number of hydrogen-bond acceptors (Lipinski definition) is 3. The Morgan fingerprint density at radius 1 is 1.15 bits per heavy atom. The van der Waals surface area contributed by atoms with Gasteiger partial charge in [0.05, 0.1) is 6.26 Å². The summed E-state index contributed by atoms with van der Waals surface area (Å²) in [5, 5.41) is 0. The van der Waals surface area contributed by atoms with Crippen molar-refractivity contribution in [1.29, 1.82) is 0 Å². The van der Waals surface area contributed by atoms with Crippen LogP contribution in [0.4, 0.5) is 0 Å². The van der Waals surface area contributed by atoms with Crippen molar-refractivity contribution in [3.8, 4) is 0 Å². The van der Waals surface area contributed by atoms with Gasteiger partial charge in [0.1, 0.15) is 5.76 Å². The monoisotopic (exact) mass is 271 g/mol. The third-order valence-electron chi connectivity index (χ3n) is 3.50. The van der Waals surface area contributed by atoms with Gasteiger partial charge >= 0.3 is 0 Å². The van der Waals surface area contributed by atoms with E-state index in [1.807, 2.05) is 51.2 Å². The van der Waals surface area contributed by atoms with E-state index in [1.165, 1.54) is 11.1 Å². The minimum atomic E-state index is 0.195. The summed E-state index contributed by atoms with van der Waals surface area (Å²) in [6.07, 6.45) is 2.24. The molecule has 0 saturated carbocycles. The fourth-order valence-corrected chi connectivity index (χ4v) is 2.12. The first-order valence-electron chi connectivity index (χ1n) is 6.87. The Morgan fingerprint density at radius 2 is 1.85 bits per heavy atom. The molecule has 0 saturated heterocycles. The summed E-state index contributed by atoms with van der Waals surface area (Å²) in [6, 6.07) is 9.74. The Bertz CT molecular complexity index is 569. The van der Waals surface area contributed by atoms with Crippen LogP contribution in [0.1, 0.15) is 33.7 Å². The molecule has 0 fully saturated rings. The average molecular weight is 271 g/mol. The molecule has 0 aliphatic rings. The number of carbonyl (C=O) groups excluding carboxylic acids is 1. The molecular weight excluding hydrogens is 250 g/mol. The first kappa shape index (κ1) is 14.5. The molecule has 0 aliphatic heterocycles. The molecule has 0 atom stereocenters. The first-order valence-corrected chi connectivity index (χ1v) is 6.87. The number of nitrogens with zero attached hydrogens (tertiary/aromatic N) is 1. The predicted molar refractivity (Wildman–Crippen MR) is 79.9 cm³/mol. The van der Waals surface area contributed by atoms with Crippen LogP contribution in [0.15, 0.2) is 41.0 Å². The highest BCUT2D eigenvalue weighted by Crippen LogP contribution is 2.12. The Hall–Kier alpha value is -1.87. The minimum Gasteiger partial charge on any atom is -0.469 e. The molecule has 20 heavy (non-hydrogen) atoms. The highest BCUT2D eigenvalue weighted by molar-refractivity contribution is 5.96. The van der Waals surface area contributed by atoms with Crippen molar-refractivity contribution in [2.45, 2.75) is 26.8 Å². The molecule has 1 aromatic carbocycles. The van der Waals surface area contributed by atoms with Crippen LogP contribution in [0.5, 0.6) is 0 Å². The molecule has 0 N–H and O–H groups in total. The number of Topliss-reactive ketones (excluding diaryl/α,β-unsaturated/α-hetero) is 1. The van der Waals surface area contributed by atoms with Crippen LogP contribution in [0.3, 0.4) is 0 Å². The Labute approximate surface area is 120 Å². The van der Waals surface area contributed by atoms with Gasteiger partial charge < -0.3 is 9.32 Å². The van der Waals surface area contributed by atoms with E-state index in [2.05, 4.69) is 4.90 Å². The van der Waals surface area contributed by atoms with Gasteiger partial charge in [-0.25, -0.2) is 0 Å². The lowest BCUT2D eigenvalue weighted by atomic mass is 10.1. The number of benzene rings is 1. The quantitative estimate of drug-likeness (QED) is 0.753. The van der Waals surface area contributed by atoms with Crippen molar-refractivity contribution in [2.24, 2.45) is 0 Å². The topological polar surface area (TPSA) is 33.5 Å². The molecule has 0 unspecified atom stereocenters. The van der Waals surface area contributed by atoms with E-state index >= 15 is 0 Å². The Balaban J connectivity index is 1.84. The number of aryl methyl sites for hydroxylation is 2. The van der Waals surface area contributed by atoms with E-state index in [-0.39, 0.29) is 5.78 Å². The van der Waals surface area contributed by atoms with Gasteiger partial charge in [-0.05, 0) is 27.0 Å². The molecule has 0 bridgehead atoms. The molecule has 1 heterocycles. The van der Waals surface area contributed by atoms with E-state index in [0.717, 1.165) is 24.4 Å². The van der Waals surface area contributed by atoms with Crippen molar-refractivity contribution < 1.29 is 9.21 Å². The van der Waals surface area contributed by atoms with Crippen molar-refractivity contribution in [3.63, 3.8) is 0 Å². The van der Waals surface area contributed by atoms with Crippen LogP contribution in [0.2, 0.25) is 0 Å². The molecular formula is C17H21NO2. The van der Waals surface area contributed by atoms with Crippen molar-refractivity contribution in [3.05, 3.63) is 59.0 Å². The normalized spacial score (nSPS) is 11.0.